The predicted molar refractivity (Wildman–Crippen MR) is 78.4 cm³/mol. The fourth-order valence-electron chi connectivity index (χ4n) is 3.78. The number of aryl methyl sites for hydroxylation is 1. The number of nitrogens with one attached hydrogen (secondary N) is 1. The van der Waals surface area contributed by atoms with E-state index >= 15 is 0 Å². The molecule has 3 N–H and O–H groups in total. The number of hydrogen-bond acceptors (Lipinski definition) is 3. The summed E-state index contributed by atoms with van der Waals surface area (Å²) in [6.07, 6.45) is 8.47. The third-order valence-corrected chi connectivity index (χ3v) is 5.21. The van der Waals surface area contributed by atoms with Crippen LogP contribution in [0.2, 0.25) is 0 Å². The number of anilines is 1. The summed E-state index contributed by atoms with van der Waals surface area (Å²) in [5.74, 6) is -0.00806. The highest BCUT2D eigenvalue weighted by Crippen LogP contribution is 2.46. The molecule has 20 heavy (non-hydrogen) atoms. The standard InChI is InChI=1S/C15H24N4O/c1-2-11-12(16)13(18-17-11)14(20)19-9-7-15(8-10-19)5-3-4-6-15/h2-10,16H2,1H3,(H,17,18). The van der Waals surface area contributed by atoms with E-state index in [0.717, 1.165) is 38.0 Å². The van der Waals surface area contributed by atoms with Crippen LogP contribution in [0.5, 0.6) is 0 Å². The van der Waals surface area contributed by atoms with E-state index in [1.54, 1.807) is 0 Å². The molecule has 2 heterocycles. The van der Waals surface area contributed by atoms with Crippen molar-refractivity contribution in [3.05, 3.63) is 11.4 Å². The van der Waals surface area contributed by atoms with Crippen LogP contribution in [0.4, 0.5) is 5.69 Å². The number of hydrogen-bond donors (Lipinski definition) is 2. The van der Waals surface area contributed by atoms with Crippen LogP contribution >= 0.6 is 0 Å². The maximum absolute atomic E-state index is 12.5. The number of piperidine rings is 1. The van der Waals surface area contributed by atoms with Crippen LogP contribution in [0.15, 0.2) is 0 Å². The van der Waals surface area contributed by atoms with Crippen LogP contribution in [-0.4, -0.2) is 34.1 Å². The first-order valence-electron chi connectivity index (χ1n) is 7.77. The smallest absolute Gasteiger partial charge is 0.276 e. The van der Waals surface area contributed by atoms with E-state index in [1.807, 2.05) is 11.8 Å². The highest BCUT2D eigenvalue weighted by Gasteiger charge is 2.38. The van der Waals surface area contributed by atoms with Crippen LogP contribution < -0.4 is 5.73 Å². The molecule has 0 radical (unpaired) electrons. The highest BCUT2D eigenvalue weighted by molar-refractivity contribution is 5.97. The van der Waals surface area contributed by atoms with Gasteiger partial charge in [0.25, 0.3) is 5.91 Å². The van der Waals surface area contributed by atoms with Gasteiger partial charge in [0.1, 0.15) is 0 Å². The Labute approximate surface area is 119 Å². The number of H-pyrrole nitrogens is 1. The molecule has 2 fully saturated rings. The molecule has 1 aliphatic carbocycles. The molecule has 1 aromatic rings. The number of nitrogen functional groups attached to an aromatic ring is 1. The lowest BCUT2D eigenvalue weighted by molar-refractivity contribution is 0.0583. The van der Waals surface area contributed by atoms with Crippen molar-refractivity contribution >= 4 is 11.6 Å². The van der Waals surface area contributed by atoms with Gasteiger partial charge in [-0.3, -0.25) is 9.89 Å². The van der Waals surface area contributed by atoms with Gasteiger partial charge >= 0.3 is 0 Å². The van der Waals surface area contributed by atoms with Gasteiger partial charge in [0, 0.05) is 13.1 Å². The van der Waals surface area contributed by atoms with E-state index < -0.39 is 0 Å². The zero-order valence-electron chi connectivity index (χ0n) is 12.2. The van der Waals surface area contributed by atoms with Crippen LogP contribution in [-0.2, 0) is 6.42 Å². The Morgan fingerprint density at radius 1 is 1.30 bits per heavy atom. The molecule has 3 rings (SSSR count). The lowest BCUT2D eigenvalue weighted by Gasteiger charge is -2.39. The summed E-state index contributed by atoms with van der Waals surface area (Å²) >= 11 is 0. The molecule has 1 aliphatic heterocycles. The molecule has 110 valence electrons. The third kappa shape index (κ3) is 2.19. The Kier molecular flexibility index (Phi) is 3.44. The average molecular weight is 276 g/mol. The fourth-order valence-corrected chi connectivity index (χ4v) is 3.78. The first-order valence-corrected chi connectivity index (χ1v) is 7.77. The van der Waals surface area contributed by atoms with Gasteiger partial charge in [-0.2, -0.15) is 5.10 Å². The second kappa shape index (κ2) is 5.11. The van der Waals surface area contributed by atoms with Gasteiger partial charge in [0.2, 0.25) is 0 Å². The summed E-state index contributed by atoms with van der Waals surface area (Å²) in [6, 6.07) is 0. The molecule has 0 bridgehead atoms. The molecule has 1 amide bonds. The monoisotopic (exact) mass is 276 g/mol. The van der Waals surface area contributed by atoms with E-state index in [9.17, 15) is 4.79 Å². The van der Waals surface area contributed by atoms with Crippen molar-refractivity contribution < 1.29 is 4.79 Å². The molecule has 2 aliphatic rings. The summed E-state index contributed by atoms with van der Waals surface area (Å²) in [4.78, 5) is 14.4. The molecular formula is C15H24N4O. The number of aromatic amines is 1. The molecule has 5 heteroatoms. The van der Waals surface area contributed by atoms with E-state index in [-0.39, 0.29) is 5.91 Å². The fraction of sp³-hybridized carbons (Fsp3) is 0.733. The number of nitrogens with zero attached hydrogens (tertiary/aromatic N) is 2. The van der Waals surface area contributed by atoms with Gasteiger partial charge in [-0.05, 0) is 37.5 Å². The first-order chi connectivity index (χ1) is 9.65. The number of aromatic nitrogens is 2. The lowest BCUT2D eigenvalue weighted by Crippen LogP contribution is -2.42. The van der Waals surface area contributed by atoms with Gasteiger partial charge in [-0.15, -0.1) is 0 Å². The van der Waals surface area contributed by atoms with Crippen LogP contribution in [0.1, 0.15) is 61.6 Å². The van der Waals surface area contributed by atoms with Crippen molar-refractivity contribution in [2.24, 2.45) is 5.41 Å². The van der Waals surface area contributed by atoms with Gasteiger partial charge in [0.15, 0.2) is 5.69 Å². The van der Waals surface area contributed by atoms with E-state index in [1.165, 1.54) is 25.7 Å². The largest absolute Gasteiger partial charge is 0.395 e. The SMILES string of the molecule is CCc1[nH]nc(C(=O)N2CCC3(CCCC3)CC2)c1N. The Balaban J connectivity index is 1.68. The van der Waals surface area contributed by atoms with Crippen LogP contribution in [0, 0.1) is 5.41 Å². The number of carbonyl (C=O) groups is 1. The van der Waals surface area contributed by atoms with Crippen molar-refractivity contribution in [1.82, 2.24) is 15.1 Å². The van der Waals surface area contributed by atoms with Crippen molar-refractivity contribution in [1.29, 1.82) is 0 Å². The summed E-state index contributed by atoms with van der Waals surface area (Å²) < 4.78 is 0. The molecule has 0 atom stereocenters. The Bertz CT molecular complexity index is 492. The first kappa shape index (κ1) is 13.5. The number of carbonyl (C=O) groups excluding carboxylic acids is 1. The second-order valence-corrected chi connectivity index (χ2v) is 6.32. The second-order valence-electron chi connectivity index (χ2n) is 6.32. The lowest BCUT2D eigenvalue weighted by atomic mass is 9.77. The molecular weight excluding hydrogens is 252 g/mol. The Morgan fingerprint density at radius 2 is 1.95 bits per heavy atom. The van der Waals surface area contributed by atoms with Gasteiger partial charge in [-0.25, -0.2) is 0 Å². The molecule has 1 aromatic heterocycles. The van der Waals surface area contributed by atoms with Crippen molar-refractivity contribution in [3.63, 3.8) is 0 Å². The number of nitrogens with two attached hydrogens (primary N) is 1. The molecule has 0 unspecified atom stereocenters. The van der Waals surface area contributed by atoms with Crippen molar-refractivity contribution in [3.8, 4) is 0 Å². The zero-order chi connectivity index (χ0) is 14.2. The maximum atomic E-state index is 12.5. The van der Waals surface area contributed by atoms with Crippen molar-refractivity contribution in [2.75, 3.05) is 18.8 Å². The molecule has 1 saturated heterocycles. The minimum atomic E-state index is -0.00806. The van der Waals surface area contributed by atoms with E-state index in [2.05, 4.69) is 10.2 Å². The summed E-state index contributed by atoms with van der Waals surface area (Å²) in [5, 5.41) is 6.98. The van der Waals surface area contributed by atoms with Gasteiger partial charge in [-0.1, -0.05) is 19.8 Å². The predicted octanol–water partition coefficient (Wildman–Crippen LogP) is 2.35. The molecule has 1 spiro atoms. The van der Waals surface area contributed by atoms with E-state index in [4.69, 9.17) is 5.73 Å². The Morgan fingerprint density at radius 3 is 2.50 bits per heavy atom. The summed E-state index contributed by atoms with van der Waals surface area (Å²) in [7, 11) is 0. The van der Waals surface area contributed by atoms with Crippen LogP contribution in [0.25, 0.3) is 0 Å². The quantitative estimate of drug-likeness (QED) is 0.870. The average Bonchev–Trinajstić information content (AvgIpc) is 3.06. The molecule has 0 aromatic carbocycles. The van der Waals surface area contributed by atoms with Gasteiger partial charge in [0.05, 0.1) is 11.4 Å². The normalized spacial score (nSPS) is 21.6. The van der Waals surface area contributed by atoms with E-state index in [0.29, 0.717) is 16.8 Å². The zero-order valence-corrected chi connectivity index (χ0v) is 12.2. The minimum absolute atomic E-state index is 0.00806. The Hall–Kier alpha value is -1.52. The summed E-state index contributed by atoms with van der Waals surface area (Å²) in [5.41, 5.74) is 8.32. The number of rotatable bonds is 2. The van der Waals surface area contributed by atoms with Crippen molar-refractivity contribution in [2.45, 2.75) is 51.9 Å². The maximum Gasteiger partial charge on any atom is 0.276 e. The number of amides is 1. The van der Waals surface area contributed by atoms with Crippen LogP contribution in [0.3, 0.4) is 0 Å². The van der Waals surface area contributed by atoms with Gasteiger partial charge < -0.3 is 10.6 Å². The number of likely N-dealkylation sites (tertiary alicyclic amines) is 1. The molecule has 5 nitrogen and oxygen atoms in total. The minimum Gasteiger partial charge on any atom is -0.395 e. The molecule has 1 saturated carbocycles. The third-order valence-electron chi connectivity index (χ3n) is 5.21. The topological polar surface area (TPSA) is 75.0 Å². The summed E-state index contributed by atoms with van der Waals surface area (Å²) in [6.45, 7) is 3.71. The highest BCUT2D eigenvalue weighted by atomic mass is 16.2.